The van der Waals surface area contributed by atoms with E-state index in [1.165, 1.54) is 0 Å². The molecule has 2 aromatic carbocycles. The fourth-order valence-electron chi connectivity index (χ4n) is 4.17. The van der Waals surface area contributed by atoms with E-state index < -0.39 is 0 Å². The molecule has 1 aliphatic rings. The van der Waals surface area contributed by atoms with E-state index in [1.807, 2.05) is 48.5 Å². The minimum absolute atomic E-state index is 0.149. The predicted molar refractivity (Wildman–Crippen MR) is 133 cm³/mol. The smallest absolute Gasteiger partial charge is 0.232 e. The fourth-order valence-corrected chi connectivity index (χ4v) is 4.17. The van der Waals surface area contributed by atoms with Crippen molar-refractivity contribution < 1.29 is 9.84 Å². The zero-order chi connectivity index (χ0) is 24.0. The van der Waals surface area contributed by atoms with Crippen molar-refractivity contribution in [2.75, 3.05) is 19.7 Å². The topological polar surface area (TPSA) is 124 Å². The first-order valence-electron chi connectivity index (χ1n) is 11.9. The lowest BCUT2D eigenvalue weighted by molar-refractivity contribution is 0.208. The highest BCUT2D eigenvalue weighted by molar-refractivity contribution is 5.78. The van der Waals surface area contributed by atoms with Crippen LogP contribution in [0.5, 0.6) is 5.88 Å². The first-order valence-corrected chi connectivity index (χ1v) is 11.9. The molecule has 4 N–H and O–H groups in total. The van der Waals surface area contributed by atoms with E-state index in [0.29, 0.717) is 30.6 Å². The molecule has 9 heteroatoms. The number of piperidine rings is 1. The van der Waals surface area contributed by atoms with E-state index >= 15 is 0 Å². The van der Waals surface area contributed by atoms with Gasteiger partial charge >= 0.3 is 0 Å². The van der Waals surface area contributed by atoms with Gasteiger partial charge in [-0.3, -0.25) is 0 Å². The average Bonchev–Trinajstić information content (AvgIpc) is 3.42. The highest BCUT2D eigenvalue weighted by Gasteiger charge is 2.17. The number of ether oxygens (including phenoxy) is 1. The molecule has 3 heterocycles. The van der Waals surface area contributed by atoms with Gasteiger partial charge in [-0.25, -0.2) is 14.6 Å². The maximum Gasteiger partial charge on any atom is 0.232 e. The van der Waals surface area contributed by atoms with Crippen molar-refractivity contribution >= 4 is 0 Å². The number of aromatic nitrogens is 5. The van der Waals surface area contributed by atoms with Gasteiger partial charge < -0.3 is 20.9 Å². The van der Waals surface area contributed by atoms with Gasteiger partial charge in [-0.1, -0.05) is 41.6 Å². The molecule has 1 fully saturated rings. The van der Waals surface area contributed by atoms with Crippen LogP contribution < -0.4 is 15.8 Å². The number of nitrogens with two attached hydrogens (primary N) is 1. The largest absolute Gasteiger partial charge is 0.476 e. The van der Waals surface area contributed by atoms with Gasteiger partial charge in [-0.15, -0.1) is 5.10 Å². The summed E-state index contributed by atoms with van der Waals surface area (Å²) in [7, 11) is 0. The van der Waals surface area contributed by atoms with Crippen LogP contribution in [0, 0.1) is 5.92 Å². The molecule has 5 rings (SSSR count). The third-order valence-electron chi connectivity index (χ3n) is 6.25. The van der Waals surface area contributed by atoms with E-state index in [4.69, 9.17) is 20.4 Å². The number of hydrogen-bond donors (Lipinski definition) is 3. The Morgan fingerprint density at radius 2 is 1.71 bits per heavy atom. The van der Waals surface area contributed by atoms with Crippen molar-refractivity contribution in [3.8, 4) is 34.1 Å². The number of aliphatic hydroxyl groups is 1. The van der Waals surface area contributed by atoms with E-state index in [2.05, 4.69) is 15.6 Å². The van der Waals surface area contributed by atoms with Crippen molar-refractivity contribution in [3.63, 3.8) is 0 Å². The van der Waals surface area contributed by atoms with Gasteiger partial charge in [0.05, 0.1) is 37.0 Å². The van der Waals surface area contributed by atoms with Crippen molar-refractivity contribution in [1.29, 1.82) is 0 Å². The molecule has 4 aromatic rings. The Balaban J connectivity index is 1.46. The minimum Gasteiger partial charge on any atom is -0.476 e. The number of nitrogens with one attached hydrogen (secondary N) is 1. The van der Waals surface area contributed by atoms with Crippen molar-refractivity contribution in [2.24, 2.45) is 11.7 Å². The Labute approximate surface area is 204 Å². The van der Waals surface area contributed by atoms with E-state index in [0.717, 1.165) is 59.7 Å². The lowest BCUT2D eigenvalue weighted by atomic mass is 9.99. The second kappa shape index (κ2) is 10.7. The van der Waals surface area contributed by atoms with Gasteiger partial charge in [0.15, 0.2) is 0 Å². The maximum atomic E-state index is 9.26. The Hall–Kier alpha value is -3.66. The van der Waals surface area contributed by atoms with Crippen LogP contribution in [0.1, 0.15) is 24.1 Å². The number of aliphatic hydroxyl groups excluding tert-OH is 1. The summed E-state index contributed by atoms with van der Waals surface area (Å²) in [5, 5.41) is 20.7. The molecule has 1 aliphatic heterocycles. The average molecular weight is 472 g/mol. The van der Waals surface area contributed by atoms with Crippen LogP contribution in [0.25, 0.3) is 28.2 Å². The molecule has 2 aromatic heterocycles. The maximum absolute atomic E-state index is 9.26. The zero-order valence-corrected chi connectivity index (χ0v) is 19.5. The standard InChI is InChI=1S/C26H29N7O2/c27-13-18-1-3-20(4-2-18)25-26(30-24(14-29-25)35-17-19-9-11-28-12-10-19)21-5-7-23(8-6-21)33-15-22(16-34)31-32-33/h1-8,14-15,19,28,34H,9-13,16-17,27H2. The van der Waals surface area contributed by atoms with Crippen LogP contribution in [-0.2, 0) is 13.2 Å². The number of benzene rings is 2. The summed E-state index contributed by atoms with van der Waals surface area (Å²) in [6.45, 7) is 3.04. The third kappa shape index (κ3) is 5.37. The summed E-state index contributed by atoms with van der Waals surface area (Å²) in [5.74, 6) is 1.05. The molecule has 0 unspecified atom stereocenters. The molecule has 180 valence electrons. The van der Waals surface area contributed by atoms with Crippen LogP contribution >= 0.6 is 0 Å². The normalized spacial score (nSPS) is 14.2. The molecule has 9 nitrogen and oxygen atoms in total. The van der Waals surface area contributed by atoms with Crippen molar-refractivity contribution in [3.05, 3.63) is 72.2 Å². The molecular weight excluding hydrogens is 442 g/mol. The molecule has 1 saturated heterocycles. The Morgan fingerprint density at radius 1 is 1.00 bits per heavy atom. The zero-order valence-electron chi connectivity index (χ0n) is 19.5. The van der Waals surface area contributed by atoms with Crippen LogP contribution in [0.3, 0.4) is 0 Å². The Bertz CT molecular complexity index is 1250. The van der Waals surface area contributed by atoms with E-state index in [1.54, 1.807) is 17.1 Å². The minimum atomic E-state index is -0.149. The summed E-state index contributed by atoms with van der Waals surface area (Å²) >= 11 is 0. The molecular formula is C26H29N7O2. The highest BCUT2D eigenvalue weighted by atomic mass is 16.5. The molecule has 0 saturated carbocycles. The van der Waals surface area contributed by atoms with Crippen LogP contribution in [-0.4, -0.2) is 49.8 Å². The quantitative estimate of drug-likeness (QED) is 0.358. The Kier molecular flexibility index (Phi) is 7.08. The van der Waals surface area contributed by atoms with Crippen LogP contribution in [0.2, 0.25) is 0 Å². The highest BCUT2D eigenvalue weighted by Crippen LogP contribution is 2.31. The SMILES string of the molecule is NCc1ccc(-c2ncc(OCC3CCNCC3)nc2-c2ccc(-n3cc(CO)nn3)cc2)cc1. The van der Waals surface area contributed by atoms with Gasteiger partial charge in [-0.05, 0) is 49.5 Å². The predicted octanol–water partition coefficient (Wildman–Crippen LogP) is 2.72. The molecule has 0 radical (unpaired) electrons. The summed E-state index contributed by atoms with van der Waals surface area (Å²) in [5.41, 5.74) is 11.6. The van der Waals surface area contributed by atoms with E-state index in [9.17, 15) is 5.11 Å². The van der Waals surface area contributed by atoms with E-state index in [-0.39, 0.29) is 6.61 Å². The third-order valence-corrected chi connectivity index (χ3v) is 6.25. The second-order valence-electron chi connectivity index (χ2n) is 8.67. The molecule has 0 spiro atoms. The summed E-state index contributed by atoms with van der Waals surface area (Å²) in [6.07, 6.45) is 5.62. The number of rotatable bonds is 8. The van der Waals surface area contributed by atoms with Crippen molar-refractivity contribution in [2.45, 2.75) is 26.0 Å². The van der Waals surface area contributed by atoms with Gasteiger partial charge in [0.2, 0.25) is 5.88 Å². The summed E-state index contributed by atoms with van der Waals surface area (Å²) in [4.78, 5) is 9.63. The molecule has 0 amide bonds. The molecule has 0 bridgehead atoms. The van der Waals surface area contributed by atoms with Crippen LogP contribution in [0.15, 0.2) is 60.9 Å². The van der Waals surface area contributed by atoms with Gasteiger partial charge in [0.25, 0.3) is 0 Å². The van der Waals surface area contributed by atoms with Crippen molar-refractivity contribution in [1.82, 2.24) is 30.3 Å². The second-order valence-corrected chi connectivity index (χ2v) is 8.67. The lowest BCUT2D eigenvalue weighted by Gasteiger charge is -2.22. The molecule has 35 heavy (non-hydrogen) atoms. The first-order chi connectivity index (χ1) is 17.2. The summed E-state index contributed by atoms with van der Waals surface area (Å²) in [6, 6.07) is 15.9. The lowest BCUT2D eigenvalue weighted by Crippen LogP contribution is -2.30. The first kappa shape index (κ1) is 23.1. The molecule has 0 aliphatic carbocycles. The number of hydrogen-bond acceptors (Lipinski definition) is 8. The monoisotopic (exact) mass is 471 g/mol. The Morgan fingerprint density at radius 3 is 2.40 bits per heavy atom. The number of nitrogens with zero attached hydrogens (tertiary/aromatic N) is 5. The van der Waals surface area contributed by atoms with Gasteiger partial charge in [0.1, 0.15) is 11.4 Å². The van der Waals surface area contributed by atoms with Crippen LogP contribution in [0.4, 0.5) is 0 Å². The van der Waals surface area contributed by atoms with Gasteiger partial charge in [-0.2, -0.15) is 0 Å². The fraction of sp³-hybridized carbons (Fsp3) is 0.308. The molecule has 0 atom stereocenters. The van der Waals surface area contributed by atoms with Gasteiger partial charge in [0, 0.05) is 17.7 Å². The summed E-state index contributed by atoms with van der Waals surface area (Å²) < 4.78 is 7.71.